The number of ether oxygens (including phenoxy) is 1. The second kappa shape index (κ2) is 8.98. The zero-order chi connectivity index (χ0) is 23.1. The fourth-order valence-corrected chi connectivity index (χ4v) is 8.86. The van der Waals surface area contributed by atoms with Gasteiger partial charge >= 0.3 is 12.0 Å². The second-order valence-corrected chi connectivity index (χ2v) is 11.8. The van der Waals surface area contributed by atoms with Crippen LogP contribution in [-0.2, 0) is 9.53 Å². The average molecular weight is 446 g/mol. The number of esters is 1. The summed E-state index contributed by atoms with van der Waals surface area (Å²) in [4.78, 5) is 23.2. The van der Waals surface area contributed by atoms with E-state index in [9.17, 15) is 9.59 Å². The van der Waals surface area contributed by atoms with E-state index in [2.05, 4.69) is 31.3 Å². The SMILES string of the molecule is COC(=O)CCC(C)C1CCC2C3C(=NNC(N)=O)CC4CCCCC4(C)C3CCC12C. The minimum atomic E-state index is -0.565. The van der Waals surface area contributed by atoms with E-state index in [1.54, 1.807) is 0 Å². The summed E-state index contributed by atoms with van der Waals surface area (Å²) in [6.07, 6.45) is 12.7. The fourth-order valence-electron chi connectivity index (χ4n) is 8.86. The third kappa shape index (κ3) is 3.96. The number of hydrogen-bond donors (Lipinski definition) is 2. The van der Waals surface area contributed by atoms with Gasteiger partial charge in [0.1, 0.15) is 0 Å². The Bertz CT molecular complexity index is 767. The first-order chi connectivity index (χ1) is 15.2. The van der Waals surface area contributed by atoms with Crippen LogP contribution < -0.4 is 11.2 Å². The molecule has 0 bridgehead atoms. The van der Waals surface area contributed by atoms with Crippen molar-refractivity contribution in [2.24, 2.45) is 57.2 Å². The first-order valence-corrected chi connectivity index (χ1v) is 12.9. The lowest BCUT2D eigenvalue weighted by molar-refractivity contribution is -0.141. The molecule has 0 spiro atoms. The van der Waals surface area contributed by atoms with Gasteiger partial charge in [-0.1, -0.05) is 33.6 Å². The van der Waals surface area contributed by atoms with E-state index in [1.807, 2.05) is 0 Å². The molecule has 4 fully saturated rings. The maximum absolute atomic E-state index is 11.7. The van der Waals surface area contributed by atoms with Crippen LogP contribution in [0.25, 0.3) is 0 Å². The van der Waals surface area contributed by atoms with E-state index in [-0.39, 0.29) is 11.4 Å². The van der Waals surface area contributed by atoms with E-state index in [1.165, 1.54) is 64.2 Å². The van der Waals surface area contributed by atoms with Crippen LogP contribution in [0, 0.1) is 46.3 Å². The molecule has 4 aliphatic rings. The van der Waals surface area contributed by atoms with E-state index >= 15 is 0 Å². The molecule has 32 heavy (non-hydrogen) atoms. The van der Waals surface area contributed by atoms with Gasteiger partial charge in [-0.3, -0.25) is 4.79 Å². The van der Waals surface area contributed by atoms with Crippen molar-refractivity contribution in [1.29, 1.82) is 0 Å². The second-order valence-electron chi connectivity index (χ2n) is 11.8. The van der Waals surface area contributed by atoms with Crippen molar-refractivity contribution < 1.29 is 14.3 Å². The predicted octanol–water partition coefficient (Wildman–Crippen LogP) is 5.26. The van der Waals surface area contributed by atoms with Crippen molar-refractivity contribution in [2.75, 3.05) is 7.11 Å². The molecule has 0 aromatic heterocycles. The lowest BCUT2D eigenvalue weighted by Gasteiger charge is -2.61. The van der Waals surface area contributed by atoms with Gasteiger partial charge in [0.2, 0.25) is 0 Å². The molecular weight excluding hydrogens is 402 g/mol. The maximum atomic E-state index is 11.7. The maximum Gasteiger partial charge on any atom is 0.332 e. The number of carbonyl (C=O) groups excluding carboxylic acids is 2. The highest BCUT2D eigenvalue weighted by Crippen LogP contribution is 2.67. The number of primary amides is 1. The largest absolute Gasteiger partial charge is 0.469 e. The van der Waals surface area contributed by atoms with E-state index in [0.29, 0.717) is 47.3 Å². The summed E-state index contributed by atoms with van der Waals surface area (Å²) < 4.78 is 4.89. The summed E-state index contributed by atoms with van der Waals surface area (Å²) in [6.45, 7) is 7.39. The van der Waals surface area contributed by atoms with E-state index in [4.69, 9.17) is 10.5 Å². The molecule has 6 heteroatoms. The van der Waals surface area contributed by atoms with Crippen molar-refractivity contribution in [3.63, 3.8) is 0 Å². The Labute approximate surface area is 193 Å². The van der Waals surface area contributed by atoms with Crippen molar-refractivity contribution in [3.8, 4) is 0 Å². The highest BCUT2D eigenvalue weighted by atomic mass is 16.5. The molecule has 3 N–H and O–H groups in total. The predicted molar refractivity (Wildman–Crippen MR) is 126 cm³/mol. The Morgan fingerprint density at radius 1 is 1.12 bits per heavy atom. The summed E-state index contributed by atoms with van der Waals surface area (Å²) in [6, 6.07) is -0.565. The van der Waals surface area contributed by atoms with Gasteiger partial charge in [-0.2, -0.15) is 5.10 Å². The minimum absolute atomic E-state index is 0.101. The van der Waals surface area contributed by atoms with Gasteiger partial charge in [-0.05, 0) is 91.8 Å². The van der Waals surface area contributed by atoms with E-state index in [0.717, 1.165) is 12.8 Å². The molecule has 6 nitrogen and oxygen atoms in total. The van der Waals surface area contributed by atoms with Gasteiger partial charge in [-0.25, -0.2) is 10.2 Å². The summed E-state index contributed by atoms with van der Waals surface area (Å²) >= 11 is 0. The number of hydrogen-bond acceptors (Lipinski definition) is 4. The number of fused-ring (bicyclic) bond motifs is 5. The Balaban J connectivity index is 1.61. The Morgan fingerprint density at radius 3 is 2.59 bits per heavy atom. The van der Waals surface area contributed by atoms with Crippen LogP contribution >= 0.6 is 0 Å². The monoisotopic (exact) mass is 445 g/mol. The summed E-state index contributed by atoms with van der Waals surface area (Å²) in [7, 11) is 1.48. The smallest absolute Gasteiger partial charge is 0.332 e. The van der Waals surface area contributed by atoms with Crippen molar-refractivity contribution in [3.05, 3.63) is 0 Å². The zero-order valence-corrected chi connectivity index (χ0v) is 20.5. The van der Waals surface area contributed by atoms with Gasteiger partial charge in [-0.15, -0.1) is 0 Å². The number of nitrogens with one attached hydrogen (secondary N) is 1. The standard InChI is InChI=1S/C26H43N3O3/c1-16(8-11-22(30)32-4)18-9-10-19-23-20(12-14-26(18,19)3)25(2)13-6-5-7-17(25)15-21(23)28-29-24(27)31/h16-20,23H,5-15H2,1-4H3,(H3,27,29,31). The number of hydrazone groups is 1. The Kier molecular flexibility index (Phi) is 6.61. The molecule has 2 amide bonds. The highest BCUT2D eigenvalue weighted by molar-refractivity contribution is 5.90. The average Bonchev–Trinajstić information content (AvgIpc) is 3.12. The van der Waals surface area contributed by atoms with Crippen LogP contribution in [0.2, 0.25) is 0 Å². The molecule has 4 saturated carbocycles. The van der Waals surface area contributed by atoms with Crippen molar-refractivity contribution in [2.45, 2.75) is 91.4 Å². The number of nitrogens with zero attached hydrogens (tertiary/aromatic N) is 1. The van der Waals surface area contributed by atoms with Crippen LogP contribution in [0.1, 0.15) is 91.4 Å². The highest BCUT2D eigenvalue weighted by Gasteiger charge is 2.62. The van der Waals surface area contributed by atoms with Gasteiger partial charge < -0.3 is 10.5 Å². The molecule has 8 unspecified atom stereocenters. The van der Waals surface area contributed by atoms with Gasteiger partial charge in [0.25, 0.3) is 0 Å². The molecule has 180 valence electrons. The van der Waals surface area contributed by atoms with Crippen LogP contribution in [0.4, 0.5) is 4.79 Å². The number of carbonyl (C=O) groups is 2. The molecule has 8 atom stereocenters. The molecule has 0 radical (unpaired) electrons. The summed E-state index contributed by atoms with van der Waals surface area (Å²) in [5, 5.41) is 4.65. The molecular formula is C26H43N3O3. The van der Waals surface area contributed by atoms with E-state index < -0.39 is 6.03 Å². The van der Waals surface area contributed by atoms with Crippen molar-refractivity contribution in [1.82, 2.24) is 5.43 Å². The first kappa shape index (κ1) is 23.6. The van der Waals surface area contributed by atoms with Crippen LogP contribution in [0.5, 0.6) is 0 Å². The van der Waals surface area contributed by atoms with Gasteiger partial charge in [0, 0.05) is 18.1 Å². The lowest BCUT2D eigenvalue weighted by atomic mass is 9.44. The molecule has 0 aromatic rings. The normalized spacial score (nSPS) is 43.0. The quantitative estimate of drug-likeness (QED) is 0.446. The molecule has 0 saturated heterocycles. The van der Waals surface area contributed by atoms with Crippen LogP contribution in [0.3, 0.4) is 0 Å². The molecule has 4 aliphatic carbocycles. The van der Waals surface area contributed by atoms with Crippen LogP contribution in [0.15, 0.2) is 5.10 Å². The topological polar surface area (TPSA) is 93.8 Å². The number of amides is 2. The van der Waals surface area contributed by atoms with Crippen molar-refractivity contribution >= 4 is 17.7 Å². The van der Waals surface area contributed by atoms with Gasteiger partial charge in [0.05, 0.1) is 7.11 Å². The number of rotatable bonds is 5. The number of methoxy groups -OCH3 is 1. The molecule has 0 aromatic carbocycles. The Morgan fingerprint density at radius 2 is 1.88 bits per heavy atom. The third-order valence-corrected chi connectivity index (χ3v) is 10.5. The first-order valence-electron chi connectivity index (χ1n) is 12.9. The summed E-state index contributed by atoms with van der Waals surface area (Å²) in [5.41, 5.74) is 9.87. The number of urea groups is 1. The lowest BCUT2D eigenvalue weighted by Crippen LogP contribution is -2.56. The van der Waals surface area contributed by atoms with Gasteiger partial charge in [0.15, 0.2) is 0 Å². The summed E-state index contributed by atoms with van der Waals surface area (Å²) in [5.74, 6) is 3.39. The minimum Gasteiger partial charge on any atom is -0.469 e. The Hall–Kier alpha value is -1.59. The zero-order valence-electron chi connectivity index (χ0n) is 20.5. The third-order valence-electron chi connectivity index (χ3n) is 10.5. The molecule has 4 rings (SSSR count). The molecule has 0 aliphatic heterocycles. The fraction of sp³-hybridized carbons (Fsp3) is 0.885. The number of nitrogens with two attached hydrogens (primary N) is 1. The molecule has 0 heterocycles. The van der Waals surface area contributed by atoms with Crippen LogP contribution in [-0.4, -0.2) is 24.8 Å².